The molecule has 0 aliphatic rings. The Balaban J connectivity index is 1.78. The molecule has 1 atom stereocenters. The van der Waals surface area contributed by atoms with Crippen LogP contribution < -0.4 is 10.6 Å². The van der Waals surface area contributed by atoms with E-state index in [2.05, 4.69) is 20.6 Å². The molecular formula is C10H13N5OS. The molecule has 6 nitrogen and oxygen atoms in total. The van der Waals surface area contributed by atoms with Crippen LogP contribution in [-0.2, 0) is 6.54 Å². The highest BCUT2D eigenvalue weighted by molar-refractivity contribution is 7.13. The molecule has 2 amide bonds. The van der Waals surface area contributed by atoms with Crippen molar-refractivity contribution in [3.05, 3.63) is 30.3 Å². The van der Waals surface area contributed by atoms with Crippen LogP contribution >= 0.6 is 11.3 Å². The van der Waals surface area contributed by atoms with E-state index in [9.17, 15) is 4.79 Å². The summed E-state index contributed by atoms with van der Waals surface area (Å²) in [5.74, 6) is 0. The summed E-state index contributed by atoms with van der Waals surface area (Å²) in [6.07, 6.45) is 6.94. The third kappa shape index (κ3) is 3.56. The van der Waals surface area contributed by atoms with E-state index >= 15 is 0 Å². The molecule has 2 heterocycles. The van der Waals surface area contributed by atoms with Crippen LogP contribution in [0, 0.1) is 0 Å². The van der Waals surface area contributed by atoms with Crippen molar-refractivity contribution in [3.63, 3.8) is 0 Å². The first-order valence-electron chi connectivity index (χ1n) is 5.17. The fourth-order valence-electron chi connectivity index (χ4n) is 1.40. The van der Waals surface area contributed by atoms with E-state index < -0.39 is 0 Å². The molecule has 0 aliphatic carbocycles. The Morgan fingerprint density at radius 1 is 1.59 bits per heavy atom. The van der Waals surface area contributed by atoms with Gasteiger partial charge in [0.25, 0.3) is 0 Å². The van der Waals surface area contributed by atoms with Gasteiger partial charge in [0.1, 0.15) is 0 Å². The lowest BCUT2D eigenvalue weighted by Crippen LogP contribution is -2.38. The molecule has 2 aromatic rings. The van der Waals surface area contributed by atoms with Gasteiger partial charge in [0.2, 0.25) is 0 Å². The van der Waals surface area contributed by atoms with Crippen molar-refractivity contribution in [2.45, 2.75) is 19.5 Å². The standard InChI is InChI=1S/C10H13N5OS/c1-8(6-15-4-2-11-7-15)13-9(16)14-10-12-3-5-17-10/h2-5,7-8H,6H2,1H3,(H2,12,13,14,16). The minimum absolute atomic E-state index is 0.0177. The number of amides is 2. The third-order valence-corrected chi connectivity index (χ3v) is 2.76. The topological polar surface area (TPSA) is 71.8 Å². The highest BCUT2D eigenvalue weighted by Gasteiger charge is 2.08. The average molecular weight is 251 g/mol. The molecule has 0 bridgehead atoms. The van der Waals surface area contributed by atoms with Gasteiger partial charge in [-0.15, -0.1) is 11.3 Å². The molecule has 0 radical (unpaired) electrons. The van der Waals surface area contributed by atoms with Crippen molar-refractivity contribution in [1.82, 2.24) is 19.9 Å². The molecule has 2 N–H and O–H groups in total. The molecule has 7 heteroatoms. The van der Waals surface area contributed by atoms with Gasteiger partial charge in [-0.25, -0.2) is 14.8 Å². The van der Waals surface area contributed by atoms with Crippen LogP contribution in [-0.4, -0.2) is 26.6 Å². The predicted octanol–water partition coefficient (Wildman–Crippen LogP) is 1.55. The highest BCUT2D eigenvalue weighted by atomic mass is 32.1. The van der Waals surface area contributed by atoms with Crippen LogP contribution in [0.1, 0.15) is 6.92 Å². The molecule has 0 aliphatic heterocycles. The number of hydrogen-bond acceptors (Lipinski definition) is 4. The van der Waals surface area contributed by atoms with Gasteiger partial charge in [0.05, 0.1) is 6.33 Å². The maximum Gasteiger partial charge on any atom is 0.321 e. The minimum atomic E-state index is -0.243. The summed E-state index contributed by atoms with van der Waals surface area (Å²) >= 11 is 1.39. The maximum atomic E-state index is 11.6. The smallest absolute Gasteiger partial charge is 0.321 e. The molecule has 90 valence electrons. The van der Waals surface area contributed by atoms with Crippen LogP contribution in [0.15, 0.2) is 30.3 Å². The Morgan fingerprint density at radius 2 is 2.47 bits per heavy atom. The van der Waals surface area contributed by atoms with E-state index in [0.29, 0.717) is 11.7 Å². The Hall–Kier alpha value is -1.89. The number of imidazole rings is 1. The molecule has 2 aromatic heterocycles. The van der Waals surface area contributed by atoms with Crippen LogP contribution in [0.2, 0.25) is 0 Å². The molecular weight excluding hydrogens is 238 g/mol. The second-order valence-electron chi connectivity index (χ2n) is 3.60. The predicted molar refractivity (Wildman–Crippen MR) is 66.0 cm³/mol. The first-order chi connectivity index (χ1) is 8.24. The highest BCUT2D eigenvalue weighted by Crippen LogP contribution is 2.09. The Bertz CT molecular complexity index is 453. The number of anilines is 1. The summed E-state index contributed by atoms with van der Waals surface area (Å²) in [7, 11) is 0. The number of urea groups is 1. The first-order valence-corrected chi connectivity index (χ1v) is 6.05. The fourth-order valence-corrected chi connectivity index (χ4v) is 1.92. The molecule has 0 saturated carbocycles. The zero-order valence-corrected chi connectivity index (χ0v) is 10.1. The second kappa shape index (κ2) is 5.44. The summed E-state index contributed by atoms with van der Waals surface area (Å²) in [4.78, 5) is 19.5. The van der Waals surface area contributed by atoms with Crippen LogP contribution in [0.5, 0.6) is 0 Å². The van der Waals surface area contributed by atoms with Gasteiger partial charge in [0.15, 0.2) is 5.13 Å². The van der Waals surface area contributed by atoms with Crippen molar-refractivity contribution in [2.24, 2.45) is 0 Å². The largest absolute Gasteiger partial charge is 0.335 e. The molecule has 17 heavy (non-hydrogen) atoms. The van der Waals surface area contributed by atoms with Crippen molar-refractivity contribution in [1.29, 1.82) is 0 Å². The quantitative estimate of drug-likeness (QED) is 0.866. The first kappa shape index (κ1) is 11.6. The van der Waals surface area contributed by atoms with Crippen molar-refractivity contribution < 1.29 is 4.79 Å². The lowest BCUT2D eigenvalue weighted by Gasteiger charge is -2.14. The van der Waals surface area contributed by atoms with Crippen molar-refractivity contribution in [2.75, 3.05) is 5.32 Å². The van der Waals surface area contributed by atoms with E-state index in [-0.39, 0.29) is 12.1 Å². The van der Waals surface area contributed by atoms with Gasteiger partial charge in [-0.05, 0) is 6.92 Å². The van der Waals surface area contributed by atoms with E-state index in [1.54, 1.807) is 18.7 Å². The number of rotatable bonds is 4. The van der Waals surface area contributed by atoms with Crippen LogP contribution in [0.3, 0.4) is 0 Å². The van der Waals surface area contributed by atoms with E-state index in [4.69, 9.17) is 0 Å². The minimum Gasteiger partial charge on any atom is -0.335 e. The van der Waals surface area contributed by atoms with Gasteiger partial charge >= 0.3 is 6.03 Å². The Morgan fingerprint density at radius 3 is 3.12 bits per heavy atom. The monoisotopic (exact) mass is 251 g/mol. The number of aromatic nitrogens is 3. The summed E-state index contributed by atoms with van der Waals surface area (Å²) in [6, 6.07) is -0.225. The Kier molecular flexibility index (Phi) is 3.71. The molecule has 0 spiro atoms. The summed E-state index contributed by atoms with van der Waals surface area (Å²) in [5.41, 5.74) is 0. The van der Waals surface area contributed by atoms with Gasteiger partial charge < -0.3 is 9.88 Å². The number of carbonyl (C=O) groups excluding carboxylic acids is 1. The van der Waals surface area contributed by atoms with Gasteiger partial charge in [-0.3, -0.25) is 5.32 Å². The van der Waals surface area contributed by atoms with E-state index in [0.717, 1.165) is 0 Å². The zero-order chi connectivity index (χ0) is 12.1. The number of hydrogen-bond donors (Lipinski definition) is 2. The zero-order valence-electron chi connectivity index (χ0n) is 9.33. The van der Waals surface area contributed by atoms with Crippen molar-refractivity contribution >= 4 is 22.5 Å². The lowest BCUT2D eigenvalue weighted by atomic mass is 10.3. The summed E-state index contributed by atoms with van der Waals surface area (Å²) < 4.78 is 1.91. The van der Waals surface area contributed by atoms with Gasteiger partial charge in [-0.2, -0.15) is 0 Å². The van der Waals surface area contributed by atoms with Gasteiger partial charge in [-0.1, -0.05) is 0 Å². The SMILES string of the molecule is CC(Cn1ccnc1)NC(=O)Nc1nccs1. The summed E-state index contributed by atoms with van der Waals surface area (Å²) in [6.45, 7) is 2.62. The lowest BCUT2D eigenvalue weighted by molar-refractivity contribution is 0.248. The van der Waals surface area contributed by atoms with Crippen molar-refractivity contribution in [3.8, 4) is 0 Å². The fraction of sp³-hybridized carbons (Fsp3) is 0.300. The van der Waals surface area contributed by atoms with Gasteiger partial charge in [0, 0.05) is 36.6 Å². The van der Waals surface area contributed by atoms with E-state index in [1.165, 1.54) is 11.3 Å². The number of nitrogens with one attached hydrogen (secondary N) is 2. The molecule has 1 unspecified atom stereocenters. The Labute approximate surface area is 103 Å². The van der Waals surface area contributed by atoms with Crippen LogP contribution in [0.4, 0.5) is 9.93 Å². The average Bonchev–Trinajstić information content (AvgIpc) is 2.90. The van der Waals surface area contributed by atoms with E-state index in [1.807, 2.05) is 23.1 Å². The summed E-state index contributed by atoms with van der Waals surface area (Å²) in [5, 5.41) is 7.89. The number of carbonyl (C=O) groups is 1. The second-order valence-corrected chi connectivity index (χ2v) is 4.49. The molecule has 0 fully saturated rings. The number of nitrogens with zero attached hydrogens (tertiary/aromatic N) is 3. The maximum absolute atomic E-state index is 11.6. The molecule has 0 saturated heterocycles. The molecule has 0 aromatic carbocycles. The molecule has 2 rings (SSSR count). The third-order valence-electron chi connectivity index (χ3n) is 2.07. The number of thiazole rings is 1. The normalized spacial score (nSPS) is 12.1. The van der Waals surface area contributed by atoms with Crippen LogP contribution in [0.25, 0.3) is 0 Å².